The predicted molar refractivity (Wildman–Crippen MR) is 86.4 cm³/mol. The van der Waals surface area contributed by atoms with Crippen LogP contribution in [-0.4, -0.2) is 65.6 Å². The van der Waals surface area contributed by atoms with Crippen molar-refractivity contribution in [2.24, 2.45) is 0 Å². The molecular formula is C15H22O7Si. The predicted octanol–water partition coefficient (Wildman–Crippen LogP) is 0.413. The number of benzene rings is 1. The molecule has 23 heavy (non-hydrogen) atoms. The van der Waals surface area contributed by atoms with Crippen LogP contribution < -0.4 is 0 Å². The minimum atomic E-state index is -1.26. The minimum Gasteiger partial charge on any atom is -0.478 e. The lowest BCUT2D eigenvalue weighted by Crippen LogP contribution is -2.49. The normalized spacial score (nSPS) is 13.0. The fraction of sp³-hybridized carbons (Fsp3) is 0.467. The second kappa shape index (κ2) is 8.21. The van der Waals surface area contributed by atoms with E-state index in [1.165, 1.54) is 39.5 Å². The molecule has 1 rings (SSSR count). The number of rotatable bonds is 9. The van der Waals surface area contributed by atoms with Crippen molar-refractivity contribution in [2.75, 3.05) is 21.3 Å². The lowest BCUT2D eigenvalue weighted by atomic mass is 9.92. The van der Waals surface area contributed by atoms with Crippen molar-refractivity contribution in [3.05, 3.63) is 34.9 Å². The van der Waals surface area contributed by atoms with Crippen molar-refractivity contribution in [1.82, 2.24) is 0 Å². The Morgan fingerprint density at radius 1 is 1.13 bits per heavy atom. The fourth-order valence-electron chi connectivity index (χ4n) is 2.69. The second-order valence-corrected chi connectivity index (χ2v) is 5.79. The number of carboxylic acid groups (broad SMARTS) is 2. The summed E-state index contributed by atoms with van der Waals surface area (Å²) in [5.41, 5.74) is -0.0356. The highest BCUT2D eigenvalue weighted by atomic mass is 28.1. The summed E-state index contributed by atoms with van der Waals surface area (Å²) >= 11 is 0. The van der Waals surface area contributed by atoms with Crippen LogP contribution in [0.2, 0.25) is 6.04 Å². The minimum absolute atomic E-state index is 0.0507. The summed E-state index contributed by atoms with van der Waals surface area (Å²) in [4.78, 5) is 22.9. The number of hydrogen-bond acceptors (Lipinski definition) is 5. The van der Waals surface area contributed by atoms with Crippen molar-refractivity contribution in [2.45, 2.75) is 24.4 Å². The molecular weight excluding hydrogens is 320 g/mol. The van der Waals surface area contributed by atoms with Gasteiger partial charge in [0.05, 0.1) is 11.1 Å². The Hall–Kier alpha value is -1.74. The van der Waals surface area contributed by atoms with E-state index in [0.717, 1.165) is 10.2 Å². The molecule has 1 unspecified atom stereocenters. The van der Waals surface area contributed by atoms with Crippen LogP contribution in [0.15, 0.2) is 18.2 Å². The molecule has 0 bridgehead atoms. The molecule has 0 aliphatic carbocycles. The highest BCUT2D eigenvalue weighted by Gasteiger charge is 2.41. The summed E-state index contributed by atoms with van der Waals surface area (Å²) in [7, 11) is 5.18. The lowest BCUT2D eigenvalue weighted by molar-refractivity contribution is -0.259. The smallest absolute Gasteiger partial charge is 0.335 e. The number of carbonyl (C=O) groups is 2. The van der Waals surface area contributed by atoms with Gasteiger partial charge in [-0.1, -0.05) is 6.07 Å². The average molecular weight is 342 g/mol. The van der Waals surface area contributed by atoms with E-state index in [9.17, 15) is 19.8 Å². The highest BCUT2D eigenvalue weighted by molar-refractivity contribution is 6.09. The molecule has 0 heterocycles. The van der Waals surface area contributed by atoms with E-state index >= 15 is 0 Å². The second-order valence-electron chi connectivity index (χ2n) is 4.97. The number of ether oxygens (including phenoxy) is 3. The average Bonchev–Trinajstić information content (AvgIpc) is 2.54. The maximum Gasteiger partial charge on any atom is 0.335 e. The molecule has 0 aliphatic heterocycles. The third kappa shape index (κ3) is 3.97. The van der Waals surface area contributed by atoms with Gasteiger partial charge in [0.1, 0.15) is 6.10 Å². The first kappa shape index (κ1) is 19.3. The van der Waals surface area contributed by atoms with Gasteiger partial charge >= 0.3 is 11.9 Å². The monoisotopic (exact) mass is 342 g/mol. The Morgan fingerprint density at radius 2 is 1.61 bits per heavy atom. The molecule has 0 spiro atoms. The van der Waals surface area contributed by atoms with Gasteiger partial charge in [-0.2, -0.15) is 0 Å². The molecule has 0 saturated heterocycles. The topological polar surface area (TPSA) is 102 Å². The van der Waals surface area contributed by atoms with Gasteiger partial charge in [0.15, 0.2) is 5.79 Å². The molecule has 1 aromatic carbocycles. The van der Waals surface area contributed by atoms with E-state index < -0.39 is 23.8 Å². The van der Waals surface area contributed by atoms with Crippen LogP contribution in [-0.2, 0) is 20.6 Å². The SMILES string of the molecule is COC(C[SiH3])C(Cc1c(C(=O)O)cccc1C(=O)O)(OC)OC. The van der Waals surface area contributed by atoms with Crippen LogP contribution in [0.1, 0.15) is 26.3 Å². The zero-order chi connectivity index (χ0) is 17.6. The summed E-state index contributed by atoms with van der Waals surface area (Å²) in [6.07, 6.45) is -0.488. The first-order valence-electron chi connectivity index (χ1n) is 7.08. The van der Waals surface area contributed by atoms with E-state index in [-0.39, 0.29) is 23.1 Å². The van der Waals surface area contributed by atoms with E-state index in [1.807, 2.05) is 0 Å². The Kier molecular flexibility index (Phi) is 6.89. The van der Waals surface area contributed by atoms with Crippen LogP contribution in [0.4, 0.5) is 0 Å². The van der Waals surface area contributed by atoms with Gasteiger partial charge in [-0.05, 0) is 23.7 Å². The first-order valence-corrected chi connectivity index (χ1v) is 8.49. The molecule has 0 amide bonds. The Balaban J connectivity index is 3.49. The van der Waals surface area contributed by atoms with E-state index in [1.54, 1.807) is 0 Å². The zero-order valence-electron chi connectivity index (χ0n) is 13.7. The van der Waals surface area contributed by atoms with Crippen LogP contribution in [0.5, 0.6) is 0 Å². The van der Waals surface area contributed by atoms with Crippen molar-refractivity contribution in [1.29, 1.82) is 0 Å². The van der Waals surface area contributed by atoms with Crippen molar-refractivity contribution in [3.8, 4) is 0 Å². The Morgan fingerprint density at radius 3 is 1.91 bits per heavy atom. The maximum absolute atomic E-state index is 11.5. The van der Waals surface area contributed by atoms with Gasteiger partial charge in [0.25, 0.3) is 0 Å². The molecule has 8 heteroatoms. The fourth-order valence-corrected chi connectivity index (χ4v) is 3.64. The molecule has 2 N–H and O–H groups in total. The van der Waals surface area contributed by atoms with Gasteiger partial charge < -0.3 is 24.4 Å². The quantitative estimate of drug-likeness (QED) is 0.495. The Bertz CT molecular complexity index is 533. The van der Waals surface area contributed by atoms with Gasteiger partial charge in [-0.15, -0.1) is 0 Å². The molecule has 0 fully saturated rings. The Labute approximate surface area is 137 Å². The molecule has 0 aromatic heterocycles. The molecule has 0 aliphatic rings. The maximum atomic E-state index is 11.5. The van der Waals surface area contributed by atoms with E-state index in [4.69, 9.17) is 14.2 Å². The molecule has 0 radical (unpaired) electrons. The van der Waals surface area contributed by atoms with Crippen molar-refractivity contribution in [3.63, 3.8) is 0 Å². The van der Waals surface area contributed by atoms with Crippen LogP contribution in [0.25, 0.3) is 0 Å². The standard InChI is InChI=1S/C15H22O7Si/c1-20-12(8-23)15(21-2,22-3)7-11-9(13(16)17)5-4-6-10(11)14(18)19/h4-6,12H,7-8H2,1-3,23H3,(H,16,17)(H,18,19). The van der Waals surface area contributed by atoms with Gasteiger partial charge in [-0.25, -0.2) is 9.59 Å². The third-order valence-electron chi connectivity index (χ3n) is 3.90. The molecule has 0 saturated carbocycles. The molecule has 7 nitrogen and oxygen atoms in total. The highest BCUT2D eigenvalue weighted by Crippen LogP contribution is 2.29. The van der Waals surface area contributed by atoms with Gasteiger partial charge in [0.2, 0.25) is 0 Å². The van der Waals surface area contributed by atoms with Crippen LogP contribution in [0.3, 0.4) is 0 Å². The largest absolute Gasteiger partial charge is 0.478 e. The first-order chi connectivity index (χ1) is 10.9. The third-order valence-corrected chi connectivity index (χ3v) is 4.64. The summed E-state index contributed by atoms with van der Waals surface area (Å²) in [5, 5.41) is 18.7. The van der Waals surface area contributed by atoms with E-state index in [0.29, 0.717) is 6.04 Å². The molecule has 1 aromatic rings. The molecule has 1 atom stereocenters. The van der Waals surface area contributed by atoms with Crippen LogP contribution in [0, 0.1) is 0 Å². The number of hydrogen-bond donors (Lipinski definition) is 2. The summed E-state index contributed by atoms with van der Waals surface area (Å²) in [6.45, 7) is 0. The summed E-state index contributed by atoms with van der Waals surface area (Å²) in [6, 6.07) is 4.80. The van der Waals surface area contributed by atoms with E-state index in [2.05, 4.69) is 0 Å². The van der Waals surface area contributed by atoms with Crippen molar-refractivity contribution < 1.29 is 34.0 Å². The summed E-state index contributed by atoms with van der Waals surface area (Å²) in [5.74, 6) is -3.67. The summed E-state index contributed by atoms with van der Waals surface area (Å²) < 4.78 is 16.4. The van der Waals surface area contributed by atoms with Crippen molar-refractivity contribution >= 4 is 22.2 Å². The van der Waals surface area contributed by atoms with Gasteiger partial charge in [0, 0.05) is 38.0 Å². The number of aromatic carboxylic acids is 2. The number of methoxy groups -OCH3 is 3. The van der Waals surface area contributed by atoms with Gasteiger partial charge in [-0.3, -0.25) is 0 Å². The zero-order valence-corrected chi connectivity index (χ0v) is 15.7. The van der Waals surface area contributed by atoms with Crippen LogP contribution >= 0.6 is 0 Å². The molecule has 128 valence electrons. The number of carboxylic acids is 2. The lowest BCUT2D eigenvalue weighted by Gasteiger charge is -2.37.